The molecule has 1 aromatic heterocycles. The summed E-state index contributed by atoms with van der Waals surface area (Å²) in [6.07, 6.45) is 5.36. The number of nitrogens with one attached hydrogen (secondary N) is 1. The van der Waals surface area contributed by atoms with Gasteiger partial charge in [-0.3, -0.25) is 0 Å². The second-order valence-electron chi connectivity index (χ2n) is 4.04. The number of anilines is 1. The lowest BCUT2D eigenvalue weighted by molar-refractivity contribution is 0.0247. The maximum Gasteiger partial charge on any atom is 0.218 e. The summed E-state index contributed by atoms with van der Waals surface area (Å²) in [5.41, 5.74) is 0. The van der Waals surface area contributed by atoms with E-state index in [1.807, 2.05) is 13.0 Å². The molecule has 1 unspecified atom stereocenters. The summed E-state index contributed by atoms with van der Waals surface area (Å²) >= 11 is 0. The largest absolute Gasteiger partial charge is 0.478 e. The van der Waals surface area contributed by atoms with Crippen LogP contribution in [-0.4, -0.2) is 35.8 Å². The van der Waals surface area contributed by atoms with E-state index in [0.29, 0.717) is 18.6 Å². The summed E-state index contributed by atoms with van der Waals surface area (Å²) in [6.45, 7) is 4.22. The van der Waals surface area contributed by atoms with E-state index in [4.69, 9.17) is 9.47 Å². The maximum atomic E-state index is 5.64. The standard InChI is InChI=1S/C12H19N3O2/c1-2-16-12-7-11(14-9-15-12)13-8-10-5-3-4-6-17-10/h7,9-10H,2-6,8H2,1H3,(H,13,14,15). The third-order valence-electron chi connectivity index (χ3n) is 2.72. The van der Waals surface area contributed by atoms with Gasteiger partial charge < -0.3 is 14.8 Å². The van der Waals surface area contributed by atoms with Crippen molar-refractivity contribution in [3.63, 3.8) is 0 Å². The predicted octanol–water partition coefficient (Wildman–Crippen LogP) is 1.86. The summed E-state index contributed by atoms with van der Waals surface area (Å²) < 4.78 is 11.0. The third-order valence-corrected chi connectivity index (χ3v) is 2.72. The van der Waals surface area contributed by atoms with Gasteiger partial charge in [-0.2, -0.15) is 0 Å². The van der Waals surface area contributed by atoms with Crippen molar-refractivity contribution < 1.29 is 9.47 Å². The lowest BCUT2D eigenvalue weighted by Gasteiger charge is -2.22. The normalized spacial score (nSPS) is 19.9. The summed E-state index contributed by atoms with van der Waals surface area (Å²) in [5, 5.41) is 3.26. The van der Waals surface area contributed by atoms with E-state index in [2.05, 4.69) is 15.3 Å². The minimum absolute atomic E-state index is 0.300. The third kappa shape index (κ3) is 3.85. The minimum Gasteiger partial charge on any atom is -0.478 e. The molecule has 1 N–H and O–H groups in total. The van der Waals surface area contributed by atoms with Crippen molar-refractivity contribution in [1.82, 2.24) is 9.97 Å². The fraction of sp³-hybridized carbons (Fsp3) is 0.667. The fourth-order valence-corrected chi connectivity index (χ4v) is 1.85. The Balaban J connectivity index is 1.83. The number of nitrogens with zero attached hydrogens (tertiary/aromatic N) is 2. The zero-order chi connectivity index (χ0) is 11.9. The summed E-state index contributed by atoms with van der Waals surface area (Å²) in [5.74, 6) is 1.40. The number of rotatable bonds is 5. The zero-order valence-electron chi connectivity index (χ0n) is 10.2. The minimum atomic E-state index is 0.300. The van der Waals surface area contributed by atoms with Crippen LogP contribution >= 0.6 is 0 Å². The SMILES string of the molecule is CCOc1cc(NCC2CCCCO2)ncn1. The molecule has 17 heavy (non-hydrogen) atoms. The first kappa shape index (κ1) is 12.1. The van der Waals surface area contributed by atoms with Crippen LogP contribution < -0.4 is 10.1 Å². The molecule has 2 rings (SSSR count). The Bertz CT molecular complexity index is 340. The lowest BCUT2D eigenvalue weighted by Crippen LogP contribution is -2.27. The Hall–Kier alpha value is -1.36. The smallest absolute Gasteiger partial charge is 0.218 e. The average Bonchev–Trinajstić information content (AvgIpc) is 2.39. The summed E-state index contributed by atoms with van der Waals surface area (Å²) in [4.78, 5) is 8.17. The van der Waals surface area contributed by atoms with Gasteiger partial charge >= 0.3 is 0 Å². The molecule has 0 amide bonds. The van der Waals surface area contributed by atoms with Gasteiger partial charge in [-0.15, -0.1) is 0 Å². The van der Waals surface area contributed by atoms with Crippen molar-refractivity contribution in [1.29, 1.82) is 0 Å². The Morgan fingerprint density at radius 3 is 3.18 bits per heavy atom. The van der Waals surface area contributed by atoms with E-state index < -0.39 is 0 Å². The van der Waals surface area contributed by atoms with Gasteiger partial charge in [-0.25, -0.2) is 9.97 Å². The van der Waals surface area contributed by atoms with Gasteiger partial charge in [0.2, 0.25) is 5.88 Å². The quantitative estimate of drug-likeness (QED) is 0.847. The van der Waals surface area contributed by atoms with Gasteiger partial charge in [0, 0.05) is 19.2 Å². The Morgan fingerprint density at radius 2 is 2.41 bits per heavy atom. The summed E-state index contributed by atoms with van der Waals surface area (Å²) in [7, 11) is 0. The van der Waals surface area contributed by atoms with Gasteiger partial charge in [-0.05, 0) is 26.2 Å². The van der Waals surface area contributed by atoms with Crippen molar-refractivity contribution in [3.8, 4) is 5.88 Å². The molecule has 1 aromatic rings. The van der Waals surface area contributed by atoms with Crippen LogP contribution in [0.25, 0.3) is 0 Å². The highest BCUT2D eigenvalue weighted by Crippen LogP contribution is 2.15. The van der Waals surface area contributed by atoms with E-state index in [-0.39, 0.29) is 0 Å². The molecule has 1 saturated heterocycles. The monoisotopic (exact) mass is 237 g/mol. The highest BCUT2D eigenvalue weighted by Gasteiger charge is 2.13. The molecule has 94 valence electrons. The van der Waals surface area contributed by atoms with Crippen LogP contribution in [0.4, 0.5) is 5.82 Å². The van der Waals surface area contributed by atoms with Gasteiger partial charge in [-0.1, -0.05) is 0 Å². The highest BCUT2D eigenvalue weighted by molar-refractivity contribution is 5.37. The van der Waals surface area contributed by atoms with E-state index in [1.165, 1.54) is 19.2 Å². The fourth-order valence-electron chi connectivity index (χ4n) is 1.85. The summed E-state index contributed by atoms with van der Waals surface area (Å²) in [6, 6.07) is 1.81. The molecule has 0 saturated carbocycles. The van der Waals surface area contributed by atoms with Crippen LogP contribution in [0.15, 0.2) is 12.4 Å². The van der Waals surface area contributed by atoms with E-state index >= 15 is 0 Å². The molecule has 1 fully saturated rings. The molecular weight excluding hydrogens is 218 g/mol. The van der Waals surface area contributed by atoms with E-state index in [0.717, 1.165) is 25.4 Å². The first-order valence-electron chi connectivity index (χ1n) is 6.19. The molecule has 1 aliphatic rings. The van der Waals surface area contributed by atoms with Crippen molar-refractivity contribution in [2.45, 2.75) is 32.3 Å². The average molecular weight is 237 g/mol. The van der Waals surface area contributed by atoms with Crippen molar-refractivity contribution in [2.75, 3.05) is 25.1 Å². The molecule has 2 heterocycles. The zero-order valence-corrected chi connectivity index (χ0v) is 10.2. The molecule has 0 radical (unpaired) electrons. The Morgan fingerprint density at radius 1 is 1.47 bits per heavy atom. The Kier molecular flexibility index (Phi) is 4.55. The van der Waals surface area contributed by atoms with Crippen LogP contribution in [0.1, 0.15) is 26.2 Å². The highest BCUT2D eigenvalue weighted by atomic mass is 16.5. The molecule has 0 aliphatic carbocycles. The Labute approximate surface area is 102 Å². The number of ether oxygens (including phenoxy) is 2. The molecule has 0 aromatic carbocycles. The van der Waals surface area contributed by atoms with Gasteiger partial charge in [0.15, 0.2) is 0 Å². The molecular formula is C12H19N3O2. The second kappa shape index (κ2) is 6.39. The lowest BCUT2D eigenvalue weighted by atomic mass is 10.1. The van der Waals surface area contributed by atoms with Gasteiger partial charge in [0.05, 0.1) is 12.7 Å². The molecule has 1 aliphatic heterocycles. The second-order valence-corrected chi connectivity index (χ2v) is 4.04. The van der Waals surface area contributed by atoms with Crippen molar-refractivity contribution in [2.24, 2.45) is 0 Å². The number of hydrogen-bond donors (Lipinski definition) is 1. The first-order chi connectivity index (χ1) is 8.38. The van der Waals surface area contributed by atoms with Crippen LogP contribution in [0.5, 0.6) is 5.88 Å². The van der Waals surface area contributed by atoms with Crippen LogP contribution in [-0.2, 0) is 4.74 Å². The molecule has 0 spiro atoms. The number of hydrogen-bond acceptors (Lipinski definition) is 5. The van der Waals surface area contributed by atoms with Crippen LogP contribution in [0.2, 0.25) is 0 Å². The van der Waals surface area contributed by atoms with Crippen LogP contribution in [0.3, 0.4) is 0 Å². The van der Waals surface area contributed by atoms with Crippen molar-refractivity contribution >= 4 is 5.82 Å². The molecule has 5 heteroatoms. The van der Waals surface area contributed by atoms with Crippen LogP contribution in [0, 0.1) is 0 Å². The maximum absolute atomic E-state index is 5.64. The first-order valence-corrected chi connectivity index (χ1v) is 6.19. The van der Waals surface area contributed by atoms with Crippen molar-refractivity contribution in [3.05, 3.63) is 12.4 Å². The topological polar surface area (TPSA) is 56.3 Å². The van der Waals surface area contributed by atoms with Gasteiger partial charge in [0.25, 0.3) is 0 Å². The predicted molar refractivity (Wildman–Crippen MR) is 65.3 cm³/mol. The molecule has 5 nitrogen and oxygen atoms in total. The molecule has 0 bridgehead atoms. The van der Waals surface area contributed by atoms with E-state index in [1.54, 1.807) is 0 Å². The van der Waals surface area contributed by atoms with E-state index in [9.17, 15) is 0 Å². The van der Waals surface area contributed by atoms with Gasteiger partial charge in [0.1, 0.15) is 12.1 Å². The molecule has 1 atom stereocenters. The number of aromatic nitrogens is 2.